The van der Waals surface area contributed by atoms with Gasteiger partial charge in [0.05, 0.1) is 5.69 Å². The van der Waals surface area contributed by atoms with Crippen molar-refractivity contribution in [2.24, 2.45) is 9.98 Å². The van der Waals surface area contributed by atoms with E-state index in [2.05, 4.69) is 23.3 Å². The minimum absolute atomic E-state index is 0.0190. The topological polar surface area (TPSA) is 48.3 Å². The van der Waals surface area contributed by atoms with E-state index < -0.39 is 0 Å². The summed E-state index contributed by atoms with van der Waals surface area (Å²) in [6, 6.07) is 27.3. The summed E-state index contributed by atoms with van der Waals surface area (Å²) in [6.45, 7) is 10.6. The smallest absolute Gasteiger partial charge is 0.228 e. The van der Waals surface area contributed by atoms with E-state index in [4.69, 9.17) is 11.6 Å². The maximum absolute atomic E-state index is 11.8. The van der Waals surface area contributed by atoms with Gasteiger partial charge in [0, 0.05) is 25.3 Å². The lowest BCUT2D eigenvalue weighted by atomic mass is 10.1. The van der Waals surface area contributed by atoms with Crippen LogP contribution >= 0.6 is 11.6 Å². The average molecular weight is 447 g/mol. The summed E-state index contributed by atoms with van der Waals surface area (Å²) < 4.78 is 0. The first kappa shape index (κ1) is 24.6. The van der Waals surface area contributed by atoms with Gasteiger partial charge in [-0.2, -0.15) is 0 Å². The molecule has 3 aromatic rings. The molecule has 1 amide bonds. The number of hydrogen-bond donors (Lipinski definition) is 0. The molecule has 0 saturated heterocycles. The van der Waals surface area contributed by atoms with Gasteiger partial charge in [0.15, 0.2) is 0 Å². The average Bonchev–Trinajstić information content (AvgIpc) is 2.81. The van der Waals surface area contributed by atoms with Crippen LogP contribution in [-0.4, -0.2) is 25.0 Å². The van der Waals surface area contributed by atoms with Crippen LogP contribution < -0.4 is 9.80 Å². The number of aryl methyl sites for hydroxylation is 1. The molecule has 0 radical (unpaired) electrons. The molecule has 0 spiro atoms. The number of carbonyl (C=O) groups excluding carboxylic acids is 1. The van der Waals surface area contributed by atoms with E-state index in [1.165, 1.54) is 0 Å². The van der Waals surface area contributed by atoms with Crippen molar-refractivity contribution in [3.05, 3.63) is 103 Å². The monoisotopic (exact) mass is 446 g/mol. The van der Waals surface area contributed by atoms with Crippen LogP contribution in [-0.2, 0) is 4.79 Å². The maximum atomic E-state index is 11.8. The van der Waals surface area contributed by atoms with Crippen LogP contribution in [0.5, 0.6) is 0 Å². The first-order chi connectivity index (χ1) is 15.3. The van der Waals surface area contributed by atoms with Crippen molar-refractivity contribution >= 4 is 46.6 Å². The van der Waals surface area contributed by atoms with Crippen molar-refractivity contribution in [1.29, 1.82) is 0 Å². The van der Waals surface area contributed by atoms with Gasteiger partial charge in [-0.3, -0.25) is 9.69 Å². The number of aliphatic imine (C=N–C) groups is 2. The number of amides is 1. The highest BCUT2D eigenvalue weighted by atomic mass is 35.5. The third-order valence-corrected chi connectivity index (χ3v) is 4.77. The number of hydrogen-bond acceptors (Lipinski definition) is 3. The van der Waals surface area contributed by atoms with E-state index in [1.807, 2.05) is 104 Å². The second-order valence-corrected chi connectivity index (χ2v) is 7.16. The highest BCUT2D eigenvalue weighted by molar-refractivity contribution is 6.65. The normalized spacial score (nSPS) is 10.4. The Labute approximate surface area is 195 Å². The van der Waals surface area contributed by atoms with E-state index in [0.717, 1.165) is 22.6 Å². The third-order valence-electron chi connectivity index (χ3n) is 4.57. The molecule has 32 heavy (non-hydrogen) atoms. The van der Waals surface area contributed by atoms with Crippen molar-refractivity contribution in [2.75, 3.05) is 16.8 Å². The second-order valence-electron chi connectivity index (χ2n) is 6.83. The fourth-order valence-corrected chi connectivity index (χ4v) is 3.00. The van der Waals surface area contributed by atoms with E-state index in [0.29, 0.717) is 5.82 Å². The first-order valence-corrected chi connectivity index (χ1v) is 10.3. The molecule has 0 saturated carbocycles. The molecule has 0 atom stereocenters. The first-order valence-electron chi connectivity index (χ1n) is 9.95. The largest absolute Gasteiger partial charge is 0.330 e. The second kappa shape index (κ2) is 12.2. The standard InChI is InChI=1S/C15H15NO.C11H12ClN3/c1-12-8-6-7-11-15(12)16(13(2)17)14-9-4-3-5-10-14;1-9(14-11(12)13-2)15(3)10-7-5-4-6-8-10/h3-11H,1-2H3;4-8H,1-2H2,3H3/b;14-11-. The van der Waals surface area contributed by atoms with Crippen LogP contribution in [0.15, 0.2) is 107 Å². The highest BCUT2D eigenvalue weighted by Gasteiger charge is 2.14. The van der Waals surface area contributed by atoms with Crippen LogP contribution in [0.25, 0.3) is 0 Å². The molecule has 3 aromatic carbocycles. The predicted octanol–water partition coefficient (Wildman–Crippen LogP) is 6.57. The summed E-state index contributed by atoms with van der Waals surface area (Å²) in [7, 11) is 1.86. The Hall–Kier alpha value is -3.70. The summed E-state index contributed by atoms with van der Waals surface area (Å²) in [5, 5.41) is 0.0859. The molecular weight excluding hydrogens is 420 g/mol. The molecule has 0 unspecified atom stereocenters. The zero-order chi connectivity index (χ0) is 23.5. The van der Waals surface area contributed by atoms with Crippen molar-refractivity contribution < 1.29 is 4.79 Å². The Morgan fingerprint density at radius 1 is 0.875 bits per heavy atom. The molecule has 0 fully saturated rings. The predicted molar refractivity (Wildman–Crippen MR) is 137 cm³/mol. The lowest BCUT2D eigenvalue weighted by molar-refractivity contribution is -0.115. The van der Waals surface area contributed by atoms with Crippen molar-refractivity contribution in [3.8, 4) is 0 Å². The van der Waals surface area contributed by atoms with Crippen LogP contribution in [0.2, 0.25) is 0 Å². The molecular formula is C26H27ClN4O. The minimum atomic E-state index is 0.0190. The Bertz CT molecular complexity index is 1080. The van der Waals surface area contributed by atoms with Gasteiger partial charge in [0.1, 0.15) is 5.82 Å². The number of carbonyl (C=O) groups is 1. The Morgan fingerprint density at radius 2 is 1.38 bits per heavy atom. The van der Waals surface area contributed by atoms with Gasteiger partial charge < -0.3 is 4.90 Å². The Morgan fingerprint density at radius 3 is 1.88 bits per heavy atom. The lowest BCUT2D eigenvalue weighted by Gasteiger charge is -2.23. The number of rotatable bonds is 5. The van der Waals surface area contributed by atoms with Gasteiger partial charge >= 0.3 is 0 Å². The van der Waals surface area contributed by atoms with Gasteiger partial charge in [-0.15, -0.1) is 0 Å². The quantitative estimate of drug-likeness (QED) is 0.253. The van der Waals surface area contributed by atoms with Crippen molar-refractivity contribution in [2.45, 2.75) is 13.8 Å². The van der Waals surface area contributed by atoms with Gasteiger partial charge in [0.25, 0.3) is 0 Å². The van der Waals surface area contributed by atoms with E-state index in [9.17, 15) is 4.79 Å². The number of para-hydroxylation sites is 3. The fraction of sp³-hybridized carbons (Fsp3) is 0.115. The van der Waals surface area contributed by atoms with Crippen LogP contribution in [0, 0.1) is 6.92 Å². The molecule has 0 aliphatic heterocycles. The molecule has 164 valence electrons. The zero-order valence-electron chi connectivity index (χ0n) is 18.6. The van der Waals surface area contributed by atoms with Crippen molar-refractivity contribution in [3.63, 3.8) is 0 Å². The van der Waals surface area contributed by atoms with Crippen LogP contribution in [0.3, 0.4) is 0 Å². The number of halogens is 1. The van der Waals surface area contributed by atoms with Gasteiger partial charge in [-0.05, 0) is 61.1 Å². The molecule has 0 bridgehead atoms. The summed E-state index contributed by atoms with van der Waals surface area (Å²) in [5.41, 5.74) is 3.91. The van der Waals surface area contributed by atoms with Crippen LogP contribution in [0.4, 0.5) is 17.1 Å². The molecule has 0 N–H and O–H groups in total. The Kier molecular flexibility index (Phi) is 9.39. The molecule has 0 aromatic heterocycles. The van der Waals surface area contributed by atoms with E-state index >= 15 is 0 Å². The number of amidine groups is 1. The summed E-state index contributed by atoms with van der Waals surface area (Å²) >= 11 is 5.62. The van der Waals surface area contributed by atoms with E-state index in [1.54, 1.807) is 11.8 Å². The summed E-state index contributed by atoms with van der Waals surface area (Å²) in [6.07, 6.45) is 0. The summed E-state index contributed by atoms with van der Waals surface area (Å²) in [4.78, 5) is 22.8. The minimum Gasteiger partial charge on any atom is -0.330 e. The van der Waals surface area contributed by atoms with Crippen molar-refractivity contribution in [1.82, 2.24) is 0 Å². The molecule has 3 rings (SSSR count). The van der Waals surface area contributed by atoms with Crippen LogP contribution in [0.1, 0.15) is 12.5 Å². The number of benzene rings is 3. The maximum Gasteiger partial charge on any atom is 0.228 e. The highest BCUT2D eigenvalue weighted by Crippen LogP contribution is 2.28. The van der Waals surface area contributed by atoms with E-state index in [-0.39, 0.29) is 11.2 Å². The summed E-state index contributed by atoms with van der Waals surface area (Å²) in [5.74, 6) is 0.532. The molecule has 6 heteroatoms. The fourth-order valence-electron chi connectivity index (χ4n) is 2.90. The van der Waals surface area contributed by atoms with Gasteiger partial charge in [-0.1, -0.05) is 61.2 Å². The molecule has 0 heterocycles. The van der Waals surface area contributed by atoms with Gasteiger partial charge in [0.2, 0.25) is 11.2 Å². The SMILES string of the molecule is C=N/C(Cl)=N\C(=C)N(C)c1ccccc1.CC(=O)N(c1ccccc1)c1ccccc1C. The molecule has 0 aliphatic carbocycles. The lowest BCUT2D eigenvalue weighted by Crippen LogP contribution is -2.23. The number of anilines is 3. The zero-order valence-corrected chi connectivity index (χ0v) is 19.3. The Balaban J connectivity index is 0.000000229. The molecule has 0 aliphatic rings. The molecule has 5 nitrogen and oxygen atoms in total. The van der Waals surface area contributed by atoms with Gasteiger partial charge in [-0.25, -0.2) is 9.98 Å². The number of nitrogens with zero attached hydrogens (tertiary/aromatic N) is 4. The third kappa shape index (κ3) is 6.93.